The number of carboxylic acid groups (broad SMARTS) is 1. The lowest BCUT2D eigenvalue weighted by Gasteiger charge is -2.34. The van der Waals surface area contributed by atoms with Gasteiger partial charge in [-0.15, -0.1) is 0 Å². The second-order valence-corrected chi connectivity index (χ2v) is 4.98. The van der Waals surface area contributed by atoms with E-state index in [2.05, 4.69) is 5.32 Å². The van der Waals surface area contributed by atoms with Gasteiger partial charge in [-0.25, -0.2) is 0 Å². The number of amides is 2. The molecular weight excluding hydrogens is 274 g/mol. The molecule has 0 radical (unpaired) electrons. The van der Waals surface area contributed by atoms with Crippen LogP contribution in [-0.4, -0.2) is 42.5 Å². The number of nitrogens with one attached hydrogen (secondary N) is 1. The van der Waals surface area contributed by atoms with Gasteiger partial charge in [0.2, 0.25) is 11.8 Å². The molecule has 4 N–H and O–H groups in total. The van der Waals surface area contributed by atoms with Crippen LogP contribution in [0.5, 0.6) is 0 Å². The Kier molecular flexibility index (Phi) is 4.42. The topological polar surface area (TPSA) is 113 Å². The summed E-state index contributed by atoms with van der Waals surface area (Å²) in [5.74, 6) is -2.26. The standard InChI is InChI=1S/C14H17N3O4/c15-14(21)10-5-9-3-1-2-4-11(9)17(7-10)8-12(18)16-6-13(19)20/h1-4,10H,5-8H2,(H2,15,21)(H,16,18)(H,19,20). The number of nitrogens with two attached hydrogens (primary N) is 1. The molecule has 0 fully saturated rings. The summed E-state index contributed by atoms with van der Waals surface area (Å²) in [6.45, 7) is -0.0749. The monoisotopic (exact) mass is 291 g/mol. The van der Waals surface area contributed by atoms with Crippen molar-refractivity contribution in [3.8, 4) is 0 Å². The highest BCUT2D eigenvalue weighted by molar-refractivity contribution is 5.86. The molecule has 0 bridgehead atoms. The molecule has 0 aromatic heterocycles. The van der Waals surface area contributed by atoms with E-state index in [0.717, 1.165) is 11.3 Å². The van der Waals surface area contributed by atoms with E-state index in [1.807, 2.05) is 24.3 Å². The third kappa shape index (κ3) is 3.71. The Labute approximate surface area is 121 Å². The summed E-state index contributed by atoms with van der Waals surface area (Å²) in [6.07, 6.45) is 0.554. The van der Waals surface area contributed by atoms with Gasteiger partial charge in [0.15, 0.2) is 0 Å². The molecule has 2 rings (SSSR count). The van der Waals surface area contributed by atoms with Crippen molar-refractivity contribution in [2.45, 2.75) is 6.42 Å². The predicted octanol–water partition coefficient (Wildman–Crippen LogP) is -0.649. The molecule has 1 aromatic rings. The van der Waals surface area contributed by atoms with Crippen LogP contribution in [0, 0.1) is 5.92 Å². The van der Waals surface area contributed by atoms with Gasteiger partial charge in [0.1, 0.15) is 6.54 Å². The number of primary amides is 1. The molecule has 1 aromatic carbocycles. The van der Waals surface area contributed by atoms with Crippen molar-refractivity contribution in [3.05, 3.63) is 29.8 Å². The minimum Gasteiger partial charge on any atom is -0.480 e. The SMILES string of the molecule is NC(=O)C1Cc2ccccc2N(CC(=O)NCC(=O)O)C1. The van der Waals surface area contributed by atoms with Crippen molar-refractivity contribution in [1.29, 1.82) is 0 Å². The van der Waals surface area contributed by atoms with Crippen LogP contribution in [0.1, 0.15) is 5.56 Å². The van der Waals surface area contributed by atoms with Crippen molar-refractivity contribution in [1.82, 2.24) is 5.32 Å². The number of hydrogen-bond acceptors (Lipinski definition) is 4. The molecule has 0 aliphatic carbocycles. The van der Waals surface area contributed by atoms with Gasteiger partial charge in [0.05, 0.1) is 12.5 Å². The van der Waals surface area contributed by atoms with Gasteiger partial charge in [0.25, 0.3) is 0 Å². The highest BCUT2D eigenvalue weighted by Crippen LogP contribution is 2.29. The van der Waals surface area contributed by atoms with E-state index < -0.39 is 24.3 Å². The first-order valence-electron chi connectivity index (χ1n) is 6.58. The van der Waals surface area contributed by atoms with Gasteiger partial charge in [-0.1, -0.05) is 18.2 Å². The number of aliphatic carboxylic acids is 1. The summed E-state index contributed by atoms with van der Waals surface area (Å²) >= 11 is 0. The molecule has 2 amide bonds. The molecule has 1 heterocycles. The molecule has 21 heavy (non-hydrogen) atoms. The number of anilines is 1. The van der Waals surface area contributed by atoms with Crippen molar-refractivity contribution >= 4 is 23.5 Å². The second kappa shape index (κ2) is 6.25. The van der Waals surface area contributed by atoms with E-state index in [-0.39, 0.29) is 12.5 Å². The Hall–Kier alpha value is -2.57. The average molecular weight is 291 g/mol. The van der Waals surface area contributed by atoms with Crippen molar-refractivity contribution in [3.63, 3.8) is 0 Å². The van der Waals surface area contributed by atoms with Gasteiger partial charge in [-0.2, -0.15) is 0 Å². The molecule has 1 aliphatic rings. The van der Waals surface area contributed by atoms with E-state index in [4.69, 9.17) is 10.8 Å². The Bertz CT molecular complexity index is 573. The third-order valence-electron chi connectivity index (χ3n) is 3.41. The number of para-hydroxylation sites is 1. The van der Waals surface area contributed by atoms with Crippen LogP contribution in [0.25, 0.3) is 0 Å². The number of carboxylic acids is 1. The Balaban J connectivity index is 2.12. The van der Waals surface area contributed by atoms with Crippen molar-refractivity contribution in [2.75, 3.05) is 24.5 Å². The number of benzene rings is 1. The maximum Gasteiger partial charge on any atom is 0.322 e. The van der Waals surface area contributed by atoms with Gasteiger partial charge in [0, 0.05) is 12.2 Å². The van der Waals surface area contributed by atoms with Gasteiger partial charge in [-0.05, 0) is 18.1 Å². The first-order valence-corrected chi connectivity index (χ1v) is 6.58. The molecular formula is C14H17N3O4. The van der Waals surface area contributed by atoms with Crippen LogP contribution in [0.15, 0.2) is 24.3 Å². The highest BCUT2D eigenvalue weighted by atomic mass is 16.4. The summed E-state index contributed by atoms with van der Waals surface area (Å²) in [5, 5.41) is 10.9. The van der Waals surface area contributed by atoms with Crippen LogP contribution in [0.4, 0.5) is 5.69 Å². The summed E-state index contributed by atoms with van der Waals surface area (Å²) in [4.78, 5) is 35.4. The van der Waals surface area contributed by atoms with Crippen LogP contribution in [0.2, 0.25) is 0 Å². The highest BCUT2D eigenvalue weighted by Gasteiger charge is 2.28. The van der Waals surface area contributed by atoms with E-state index in [9.17, 15) is 14.4 Å². The Morgan fingerprint density at radius 2 is 2.05 bits per heavy atom. The molecule has 1 unspecified atom stereocenters. The normalized spacial score (nSPS) is 17.0. The predicted molar refractivity (Wildman–Crippen MR) is 75.7 cm³/mol. The second-order valence-electron chi connectivity index (χ2n) is 4.98. The lowest BCUT2D eigenvalue weighted by molar-refractivity contribution is -0.137. The quantitative estimate of drug-likeness (QED) is 0.667. The number of nitrogens with zero attached hydrogens (tertiary/aromatic N) is 1. The van der Waals surface area contributed by atoms with Crippen molar-refractivity contribution < 1.29 is 19.5 Å². The van der Waals surface area contributed by atoms with Gasteiger partial charge in [-0.3, -0.25) is 14.4 Å². The number of carbonyl (C=O) groups excluding carboxylic acids is 2. The van der Waals surface area contributed by atoms with E-state index in [0.29, 0.717) is 13.0 Å². The first kappa shape index (κ1) is 14.8. The average Bonchev–Trinajstić information content (AvgIpc) is 2.45. The largest absolute Gasteiger partial charge is 0.480 e. The van der Waals surface area contributed by atoms with Gasteiger partial charge < -0.3 is 21.1 Å². The molecule has 7 heteroatoms. The number of hydrogen-bond donors (Lipinski definition) is 3. The van der Waals surface area contributed by atoms with E-state index >= 15 is 0 Å². The number of fused-ring (bicyclic) bond motifs is 1. The molecule has 0 spiro atoms. The van der Waals surface area contributed by atoms with E-state index in [1.165, 1.54) is 0 Å². The van der Waals surface area contributed by atoms with Gasteiger partial charge >= 0.3 is 5.97 Å². The van der Waals surface area contributed by atoms with Crippen LogP contribution < -0.4 is 16.0 Å². The number of rotatable bonds is 5. The zero-order valence-electron chi connectivity index (χ0n) is 11.4. The Morgan fingerprint density at radius 1 is 1.33 bits per heavy atom. The fourth-order valence-electron chi connectivity index (χ4n) is 2.43. The number of carbonyl (C=O) groups is 3. The minimum atomic E-state index is -1.10. The molecule has 0 saturated carbocycles. The molecule has 1 atom stereocenters. The zero-order valence-corrected chi connectivity index (χ0v) is 11.4. The lowest BCUT2D eigenvalue weighted by atomic mass is 9.92. The summed E-state index contributed by atoms with van der Waals surface area (Å²) < 4.78 is 0. The van der Waals surface area contributed by atoms with Crippen molar-refractivity contribution in [2.24, 2.45) is 11.7 Å². The van der Waals surface area contributed by atoms with Crippen LogP contribution in [-0.2, 0) is 20.8 Å². The fourth-order valence-corrected chi connectivity index (χ4v) is 2.43. The Morgan fingerprint density at radius 3 is 2.71 bits per heavy atom. The van der Waals surface area contributed by atoms with Crippen LogP contribution >= 0.6 is 0 Å². The fraction of sp³-hybridized carbons (Fsp3) is 0.357. The van der Waals surface area contributed by atoms with Crippen LogP contribution in [0.3, 0.4) is 0 Å². The molecule has 1 aliphatic heterocycles. The summed E-state index contributed by atoms with van der Waals surface area (Å²) in [7, 11) is 0. The molecule has 112 valence electrons. The third-order valence-corrected chi connectivity index (χ3v) is 3.41. The van der Waals surface area contributed by atoms with E-state index in [1.54, 1.807) is 4.90 Å². The molecule has 7 nitrogen and oxygen atoms in total. The maximum atomic E-state index is 11.8. The summed E-state index contributed by atoms with van der Waals surface area (Å²) in [5.41, 5.74) is 7.20. The summed E-state index contributed by atoms with van der Waals surface area (Å²) in [6, 6.07) is 7.49. The zero-order chi connectivity index (χ0) is 15.4. The smallest absolute Gasteiger partial charge is 0.322 e. The first-order chi connectivity index (χ1) is 9.97. The minimum absolute atomic E-state index is 0.00588. The lowest BCUT2D eigenvalue weighted by Crippen LogP contribution is -2.46. The maximum absolute atomic E-state index is 11.8. The molecule has 0 saturated heterocycles.